The molecule has 3 aromatic rings. The molecule has 0 bridgehead atoms. The third kappa shape index (κ3) is 3.72. The van der Waals surface area contributed by atoms with Crippen LogP contribution in [0.15, 0.2) is 37.1 Å². The number of piperidine rings is 1. The van der Waals surface area contributed by atoms with Crippen LogP contribution in [0.1, 0.15) is 12.8 Å². The van der Waals surface area contributed by atoms with Crippen molar-refractivity contribution in [1.29, 1.82) is 0 Å². The Morgan fingerprint density at radius 2 is 1.80 bits per heavy atom. The molecule has 3 aromatic heterocycles. The van der Waals surface area contributed by atoms with Gasteiger partial charge < -0.3 is 19.4 Å². The first-order chi connectivity index (χ1) is 14.8. The van der Waals surface area contributed by atoms with Crippen molar-refractivity contribution in [2.45, 2.75) is 18.9 Å². The van der Waals surface area contributed by atoms with Crippen molar-refractivity contribution >= 4 is 28.5 Å². The standard InChI is InChI=1S/C21H26N8O/c1-27(19-3-7-23-21(26-19)29-10-12-30-13-11-29)16-4-8-28(9-5-16)20-17-2-6-22-14-18(17)24-15-25-20/h2-3,6-7,14-16H,4-5,8-13H2,1H3. The summed E-state index contributed by atoms with van der Waals surface area (Å²) < 4.78 is 5.44. The summed E-state index contributed by atoms with van der Waals surface area (Å²) in [4.78, 5) is 29.2. The monoisotopic (exact) mass is 406 g/mol. The second kappa shape index (κ2) is 8.35. The maximum Gasteiger partial charge on any atom is 0.227 e. The summed E-state index contributed by atoms with van der Waals surface area (Å²) in [6.07, 6.45) is 9.18. The van der Waals surface area contributed by atoms with Crippen LogP contribution in [0.5, 0.6) is 0 Å². The van der Waals surface area contributed by atoms with E-state index in [1.54, 1.807) is 18.7 Å². The third-order valence-corrected chi connectivity index (χ3v) is 6.01. The molecule has 0 radical (unpaired) electrons. The maximum absolute atomic E-state index is 5.44. The van der Waals surface area contributed by atoms with E-state index in [-0.39, 0.29) is 0 Å². The van der Waals surface area contributed by atoms with Crippen molar-refractivity contribution in [3.05, 3.63) is 37.1 Å². The molecule has 156 valence electrons. The number of anilines is 3. The van der Waals surface area contributed by atoms with Crippen LogP contribution in [0.2, 0.25) is 0 Å². The summed E-state index contributed by atoms with van der Waals surface area (Å²) in [6.45, 7) is 5.04. The van der Waals surface area contributed by atoms with E-state index in [1.807, 2.05) is 18.3 Å². The fraction of sp³-hybridized carbons (Fsp3) is 0.476. The Labute approximate surface area is 175 Å². The topological polar surface area (TPSA) is 83.4 Å². The molecule has 5 heterocycles. The van der Waals surface area contributed by atoms with E-state index >= 15 is 0 Å². The van der Waals surface area contributed by atoms with Crippen LogP contribution in [-0.2, 0) is 4.74 Å². The molecule has 0 spiro atoms. The van der Waals surface area contributed by atoms with Crippen LogP contribution in [0.25, 0.3) is 10.9 Å². The van der Waals surface area contributed by atoms with Crippen molar-refractivity contribution in [2.75, 3.05) is 61.1 Å². The first kappa shape index (κ1) is 18.9. The molecule has 9 heteroatoms. The summed E-state index contributed by atoms with van der Waals surface area (Å²) in [7, 11) is 2.14. The van der Waals surface area contributed by atoms with E-state index in [0.29, 0.717) is 6.04 Å². The second-order valence-corrected chi connectivity index (χ2v) is 7.73. The molecule has 0 amide bonds. The summed E-state index contributed by atoms with van der Waals surface area (Å²) in [6, 6.07) is 4.43. The normalized spacial score (nSPS) is 18.0. The largest absolute Gasteiger partial charge is 0.378 e. The summed E-state index contributed by atoms with van der Waals surface area (Å²) in [5, 5.41) is 1.06. The molecule has 2 aliphatic rings. The smallest absolute Gasteiger partial charge is 0.227 e. The van der Waals surface area contributed by atoms with Crippen LogP contribution in [0.4, 0.5) is 17.6 Å². The lowest BCUT2D eigenvalue weighted by atomic mass is 10.0. The Morgan fingerprint density at radius 1 is 0.967 bits per heavy atom. The Bertz CT molecular complexity index is 996. The van der Waals surface area contributed by atoms with E-state index < -0.39 is 0 Å². The Kier molecular flexibility index (Phi) is 5.27. The summed E-state index contributed by atoms with van der Waals surface area (Å²) in [5.41, 5.74) is 0.887. The molecular formula is C21H26N8O. The third-order valence-electron chi connectivity index (χ3n) is 6.01. The van der Waals surface area contributed by atoms with Gasteiger partial charge in [0.15, 0.2) is 0 Å². The zero-order valence-corrected chi connectivity index (χ0v) is 17.2. The minimum absolute atomic E-state index is 0.434. The minimum Gasteiger partial charge on any atom is -0.378 e. The van der Waals surface area contributed by atoms with Gasteiger partial charge in [0.1, 0.15) is 18.0 Å². The lowest BCUT2D eigenvalue weighted by Gasteiger charge is -2.38. The van der Waals surface area contributed by atoms with Gasteiger partial charge in [-0.25, -0.2) is 15.0 Å². The number of fused-ring (bicyclic) bond motifs is 1. The van der Waals surface area contributed by atoms with E-state index in [9.17, 15) is 0 Å². The molecule has 2 aliphatic heterocycles. The van der Waals surface area contributed by atoms with Crippen molar-refractivity contribution in [3.8, 4) is 0 Å². The molecule has 9 nitrogen and oxygen atoms in total. The Morgan fingerprint density at radius 3 is 2.63 bits per heavy atom. The highest BCUT2D eigenvalue weighted by atomic mass is 16.5. The molecular weight excluding hydrogens is 380 g/mol. The van der Waals surface area contributed by atoms with E-state index in [4.69, 9.17) is 9.72 Å². The fourth-order valence-electron chi connectivity index (χ4n) is 4.25. The lowest BCUT2D eigenvalue weighted by molar-refractivity contribution is 0.122. The van der Waals surface area contributed by atoms with Gasteiger partial charge in [-0.1, -0.05) is 0 Å². The molecule has 0 N–H and O–H groups in total. The van der Waals surface area contributed by atoms with E-state index in [0.717, 1.165) is 80.7 Å². The van der Waals surface area contributed by atoms with Gasteiger partial charge in [-0.2, -0.15) is 4.98 Å². The number of rotatable bonds is 4. The van der Waals surface area contributed by atoms with E-state index in [2.05, 4.69) is 41.7 Å². The number of hydrogen-bond acceptors (Lipinski definition) is 9. The molecule has 0 saturated carbocycles. The predicted molar refractivity (Wildman–Crippen MR) is 116 cm³/mol. The number of ether oxygens (including phenoxy) is 1. The van der Waals surface area contributed by atoms with Crippen LogP contribution in [0, 0.1) is 0 Å². The van der Waals surface area contributed by atoms with Crippen molar-refractivity contribution in [3.63, 3.8) is 0 Å². The van der Waals surface area contributed by atoms with Crippen LogP contribution in [0.3, 0.4) is 0 Å². The number of pyridine rings is 1. The number of nitrogens with zero attached hydrogens (tertiary/aromatic N) is 8. The van der Waals surface area contributed by atoms with Gasteiger partial charge in [0.2, 0.25) is 5.95 Å². The fourth-order valence-corrected chi connectivity index (χ4v) is 4.25. The highest BCUT2D eigenvalue weighted by molar-refractivity contribution is 5.88. The SMILES string of the molecule is CN(c1ccnc(N2CCOCC2)n1)C1CCN(c2ncnc3cnccc23)CC1. The van der Waals surface area contributed by atoms with Crippen molar-refractivity contribution in [2.24, 2.45) is 0 Å². The molecule has 2 saturated heterocycles. The van der Waals surface area contributed by atoms with Crippen molar-refractivity contribution < 1.29 is 4.74 Å². The van der Waals surface area contributed by atoms with Crippen LogP contribution < -0.4 is 14.7 Å². The molecule has 0 unspecified atom stereocenters. The number of hydrogen-bond donors (Lipinski definition) is 0. The zero-order chi connectivity index (χ0) is 20.3. The highest BCUT2D eigenvalue weighted by Crippen LogP contribution is 2.27. The van der Waals surface area contributed by atoms with Gasteiger partial charge >= 0.3 is 0 Å². The molecule has 0 aliphatic carbocycles. The minimum atomic E-state index is 0.434. The first-order valence-corrected chi connectivity index (χ1v) is 10.5. The lowest BCUT2D eigenvalue weighted by Crippen LogP contribution is -2.44. The van der Waals surface area contributed by atoms with Gasteiger partial charge in [0.25, 0.3) is 0 Å². The second-order valence-electron chi connectivity index (χ2n) is 7.73. The first-order valence-electron chi connectivity index (χ1n) is 10.5. The molecule has 5 rings (SSSR count). The summed E-state index contributed by atoms with van der Waals surface area (Å²) in [5.74, 6) is 2.77. The van der Waals surface area contributed by atoms with Gasteiger partial charge in [0.05, 0.1) is 24.9 Å². The average molecular weight is 406 g/mol. The molecule has 0 aromatic carbocycles. The van der Waals surface area contributed by atoms with Crippen molar-refractivity contribution in [1.82, 2.24) is 24.9 Å². The van der Waals surface area contributed by atoms with E-state index in [1.165, 1.54) is 0 Å². The van der Waals surface area contributed by atoms with Gasteiger partial charge in [-0.3, -0.25) is 4.98 Å². The molecule has 30 heavy (non-hydrogen) atoms. The van der Waals surface area contributed by atoms with Crippen LogP contribution in [-0.4, -0.2) is 77.4 Å². The quantitative estimate of drug-likeness (QED) is 0.643. The van der Waals surface area contributed by atoms with Gasteiger partial charge in [0, 0.05) is 57.0 Å². The molecule has 0 atom stereocenters. The Balaban J connectivity index is 1.27. The Hall–Kier alpha value is -3.07. The van der Waals surface area contributed by atoms with Gasteiger partial charge in [-0.05, 0) is 25.0 Å². The number of morpholine rings is 1. The summed E-state index contributed by atoms with van der Waals surface area (Å²) >= 11 is 0. The average Bonchev–Trinajstić information content (AvgIpc) is 2.84. The zero-order valence-electron chi connectivity index (χ0n) is 17.2. The maximum atomic E-state index is 5.44. The molecule has 2 fully saturated rings. The predicted octanol–water partition coefficient (Wildman–Crippen LogP) is 1.76. The van der Waals surface area contributed by atoms with Gasteiger partial charge in [-0.15, -0.1) is 0 Å². The number of aromatic nitrogens is 5. The highest BCUT2D eigenvalue weighted by Gasteiger charge is 2.25. The van der Waals surface area contributed by atoms with Crippen LogP contribution >= 0.6 is 0 Å².